The highest BCUT2D eigenvalue weighted by atomic mass is 35.5. The van der Waals surface area contributed by atoms with Crippen LogP contribution >= 0.6 is 11.6 Å². The fourth-order valence-electron chi connectivity index (χ4n) is 5.76. The number of ether oxygens (including phenoxy) is 1. The third-order valence-electron chi connectivity index (χ3n) is 7.40. The smallest absolute Gasteiger partial charge is 0.246 e. The number of carbonyl (C=O) groups excluding carboxylic acids is 2. The highest BCUT2D eigenvalue weighted by Crippen LogP contribution is 2.47. The molecule has 0 unspecified atom stereocenters. The number of amides is 2. The van der Waals surface area contributed by atoms with Crippen LogP contribution < -0.4 is 9.64 Å². The van der Waals surface area contributed by atoms with Gasteiger partial charge in [-0.2, -0.15) is 0 Å². The van der Waals surface area contributed by atoms with Crippen molar-refractivity contribution in [2.45, 2.75) is 32.0 Å². The first-order chi connectivity index (χ1) is 18.0. The Morgan fingerprint density at radius 2 is 2.08 bits per heavy atom. The van der Waals surface area contributed by atoms with Crippen LogP contribution in [0.15, 0.2) is 30.9 Å². The number of carbonyl (C=O) groups is 2. The third-order valence-corrected chi connectivity index (χ3v) is 7.75. The fraction of sp³-hybridized carbons (Fsp3) is 0.444. The highest BCUT2D eigenvalue weighted by molar-refractivity contribution is 6.35. The van der Waals surface area contributed by atoms with Crippen molar-refractivity contribution in [3.63, 3.8) is 0 Å². The number of hydrogen-bond donors (Lipinski definition) is 1. The standard InChI is InChI=1S/C27H31ClFN5O4/c1-5-20(36)33-10-9-32-12-17-25(38-14-16(32)11-33)23(28)24(22-18(29)7-6-8-19(22)35)30-26(17)34-21(37)13-31(4)15-27(34,2)3/h5-8,16,35H,1,9-15H2,2-4H3/t16-/m1/s1. The molecular weight excluding hydrogens is 513 g/mol. The van der Waals surface area contributed by atoms with Crippen LogP contribution in [0, 0.1) is 5.82 Å². The average molecular weight is 544 g/mol. The fourth-order valence-corrected chi connectivity index (χ4v) is 6.06. The minimum Gasteiger partial charge on any atom is -0.507 e. The number of phenolic OH excluding ortho intramolecular Hbond substituents is 1. The minimum absolute atomic E-state index is 0.00174. The van der Waals surface area contributed by atoms with Gasteiger partial charge in [-0.25, -0.2) is 9.37 Å². The van der Waals surface area contributed by atoms with E-state index < -0.39 is 11.4 Å². The van der Waals surface area contributed by atoms with E-state index >= 15 is 4.39 Å². The quantitative estimate of drug-likeness (QED) is 0.595. The van der Waals surface area contributed by atoms with Crippen molar-refractivity contribution in [2.75, 3.05) is 51.3 Å². The molecule has 0 bridgehead atoms. The van der Waals surface area contributed by atoms with Gasteiger partial charge in [0.25, 0.3) is 0 Å². The van der Waals surface area contributed by atoms with Crippen molar-refractivity contribution >= 4 is 29.2 Å². The number of benzene rings is 1. The molecule has 0 spiro atoms. The molecule has 2 aromatic rings. The predicted molar refractivity (Wildman–Crippen MR) is 142 cm³/mol. The van der Waals surface area contributed by atoms with Gasteiger partial charge in [0, 0.05) is 32.7 Å². The third kappa shape index (κ3) is 4.50. The van der Waals surface area contributed by atoms with Crippen LogP contribution in [-0.2, 0) is 16.1 Å². The summed E-state index contributed by atoms with van der Waals surface area (Å²) in [6.07, 6.45) is 1.30. The molecule has 0 saturated carbocycles. The second-order valence-electron chi connectivity index (χ2n) is 10.7. The van der Waals surface area contributed by atoms with E-state index in [1.165, 1.54) is 24.3 Å². The number of rotatable bonds is 3. The van der Waals surface area contributed by atoms with E-state index in [1.807, 2.05) is 25.8 Å². The zero-order chi connectivity index (χ0) is 27.4. The summed E-state index contributed by atoms with van der Waals surface area (Å²) < 4.78 is 21.3. The summed E-state index contributed by atoms with van der Waals surface area (Å²) in [6.45, 7) is 10.4. The van der Waals surface area contributed by atoms with Crippen LogP contribution in [-0.4, -0.2) is 94.6 Å². The normalized spacial score (nSPS) is 21.8. The lowest BCUT2D eigenvalue weighted by Gasteiger charge is -2.46. The van der Waals surface area contributed by atoms with Gasteiger partial charge in [-0.05, 0) is 39.1 Å². The Labute approximate surface area is 226 Å². The lowest BCUT2D eigenvalue weighted by molar-refractivity contribution is -0.129. The van der Waals surface area contributed by atoms with Crippen LogP contribution in [0.4, 0.5) is 10.2 Å². The first-order valence-corrected chi connectivity index (χ1v) is 12.9. The summed E-state index contributed by atoms with van der Waals surface area (Å²) in [5.74, 6) is -0.693. The van der Waals surface area contributed by atoms with Crippen LogP contribution in [0.1, 0.15) is 19.4 Å². The Morgan fingerprint density at radius 3 is 2.76 bits per heavy atom. The van der Waals surface area contributed by atoms with E-state index in [1.54, 1.807) is 9.80 Å². The topological polar surface area (TPSA) is 89.5 Å². The van der Waals surface area contributed by atoms with E-state index in [2.05, 4.69) is 11.5 Å². The number of fused-ring (bicyclic) bond motifs is 2. The Balaban J connectivity index is 1.68. The predicted octanol–water partition coefficient (Wildman–Crippen LogP) is 2.89. The van der Waals surface area contributed by atoms with Crippen molar-refractivity contribution in [1.29, 1.82) is 0 Å². The lowest BCUT2D eigenvalue weighted by Crippen LogP contribution is -2.62. The molecule has 9 nitrogen and oxygen atoms in total. The van der Waals surface area contributed by atoms with Gasteiger partial charge < -0.3 is 14.7 Å². The number of anilines is 1. The van der Waals surface area contributed by atoms with Crippen LogP contribution in [0.2, 0.25) is 5.02 Å². The van der Waals surface area contributed by atoms with Crippen LogP contribution in [0.5, 0.6) is 11.5 Å². The van der Waals surface area contributed by atoms with Gasteiger partial charge in [0.1, 0.15) is 40.5 Å². The molecule has 1 aromatic carbocycles. The van der Waals surface area contributed by atoms with Crippen molar-refractivity contribution in [3.05, 3.63) is 47.3 Å². The molecule has 38 heavy (non-hydrogen) atoms. The first kappa shape index (κ1) is 26.4. The molecule has 1 atom stereocenters. The second-order valence-corrected chi connectivity index (χ2v) is 11.1. The van der Waals surface area contributed by atoms with Gasteiger partial charge in [0.2, 0.25) is 11.8 Å². The molecule has 2 fully saturated rings. The van der Waals surface area contributed by atoms with E-state index in [-0.39, 0.29) is 53.0 Å². The van der Waals surface area contributed by atoms with Gasteiger partial charge in [0.05, 0.1) is 29.3 Å². The maximum absolute atomic E-state index is 15.0. The number of nitrogens with zero attached hydrogens (tertiary/aromatic N) is 5. The van der Waals surface area contributed by atoms with Crippen molar-refractivity contribution in [2.24, 2.45) is 0 Å². The SMILES string of the molecule is C=CC(=O)N1CCN2Cc3c(N4C(=O)CN(C)CC4(C)C)nc(-c4c(O)cccc4F)c(Cl)c3OC[C@H]2C1. The van der Waals surface area contributed by atoms with Gasteiger partial charge in [0.15, 0.2) is 0 Å². The number of pyridine rings is 1. The Kier molecular flexibility index (Phi) is 6.83. The molecule has 2 amide bonds. The minimum atomic E-state index is -0.695. The molecule has 0 radical (unpaired) electrons. The summed E-state index contributed by atoms with van der Waals surface area (Å²) in [5.41, 5.74) is -0.184. The molecule has 202 valence electrons. The van der Waals surface area contributed by atoms with E-state index in [0.29, 0.717) is 49.9 Å². The lowest BCUT2D eigenvalue weighted by atomic mass is 9.97. The first-order valence-electron chi connectivity index (χ1n) is 12.5. The summed E-state index contributed by atoms with van der Waals surface area (Å²) in [4.78, 5) is 38.0. The molecule has 5 rings (SSSR count). The summed E-state index contributed by atoms with van der Waals surface area (Å²) in [6, 6.07) is 3.84. The number of likely N-dealkylation sites (N-methyl/N-ethyl adjacent to an activating group) is 1. The molecule has 11 heteroatoms. The van der Waals surface area contributed by atoms with E-state index in [9.17, 15) is 14.7 Å². The molecule has 3 aliphatic rings. The Morgan fingerprint density at radius 1 is 1.32 bits per heavy atom. The summed E-state index contributed by atoms with van der Waals surface area (Å²) in [5, 5.41) is 10.6. The van der Waals surface area contributed by atoms with E-state index in [4.69, 9.17) is 21.3 Å². The summed E-state index contributed by atoms with van der Waals surface area (Å²) in [7, 11) is 1.88. The van der Waals surface area contributed by atoms with Gasteiger partial charge in [-0.1, -0.05) is 24.2 Å². The Hall–Kier alpha value is -3.21. The molecule has 1 N–H and O–H groups in total. The zero-order valence-corrected chi connectivity index (χ0v) is 22.5. The molecule has 2 saturated heterocycles. The average Bonchev–Trinajstić information content (AvgIpc) is 3.04. The molecular formula is C27H31ClFN5O4. The number of aromatic hydroxyl groups is 1. The number of aromatic nitrogens is 1. The second kappa shape index (κ2) is 9.83. The van der Waals surface area contributed by atoms with Gasteiger partial charge >= 0.3 is 0 Å². The van der Waals surface area contributed by atoms with Crippen molar-refractivity contribution < 1.29 is 23.8 Å². The van der Waals surface area contributed by atoms with Gasteiger partial charge in [-0.3, -0.25) is 24.3 Å². The molecule has 0 aliphatic carbocycles. The molecule has 3 aliphatic heterocycles. The van der Waals surface area contributed by atoms with Crippen LogP contribution in [0.25, 0.3) is 11.3 Å². The van der Waals surface area contributed by atoms with Gasteiger partial charge in [-0.15, -0.1) is 0 Å². The number of phenols is 1. The zero-order valence-electron chi connectivity index (χ0n) is 21.7. The summed E-state index contributed by atoms with van der Waals surface area (Å²) >= 11 is 6.84. The largest absolute Gasteiger partial charge is 0.507 e. The van der Waals surface area contributed by atoms with Crippen molar-refractivity contribution in [3.8, 4) is 22.8 Å². The maximum atomic E-state index is 15.0. The van der Waals surface area contributed by atoms with Crippen molar-refractivity contribution in [1.82, 2.24) is 19.7 Å². The molecule has 1 aromatic heterocycles. The highest BCUT2D eigenvalue weighted by Gasteiger charge is 2.43. The number of halogens is 2. The monoisotopic (exact) mass is 543 g/mol. The Bertz CT molecular complexity index is 1300. The van der Waals surface area contributed by atoms with E-state index in [0.717, 1.165) is 0 Å². The molecule has 4 heterocycles. The maximum Gasteiger partial charge on any atom is 0.246 e. The van der Waals surface area contributed by atoms with Crippen LogP contribution in [0.3, 0.4) is 0 Å². The number of hydrogen-bond acceptors (Lipinski definition) is 7. The number of piperazine rings is 2.